The van der Waals surface area contributed by atoms with Gasteiger partial charge >= 0.3 is 0 Å². The van der Waals surface area contributed by atoms with Crippen LogP contribution in [-0.4, -0.2) is 6.54 Å². The van der Waals surface area contributed by atoms with E-state index >= 15 is 0 Å². The van der Waals surface area contributed by atoms with Crippen molar-refractivity contribution < 1.29 is 0 Å². The van der Waals surface area contributed by atoms with Crippen molar-refractivity contribution in [3.05, 3.63) is 57.6 Å². The Kier molecular flexibility index (Phi) is 3.46. The van der Waals surface area contributed by atoms with Gasteiger partial charge in [0.25, 0.3) is 0 Å². The number of rotatable bonds is 4. The summed E-state index contributed by atoms with van der Waals surface area (Å²) in [4.78, 5) is 1.40. The van der Waals surface area contributed by atoms with Crippen molar-refractivity contribution in [3.63, 3.8) is 0 Å². The molecule has 3 rings (SSSR count). The van der Waals surface area contributed by atoms with Crippen LogP contribution in [0.3, 0.4) is 0 Å². The number of hydrogen-bond donors (Lipinski definition) is 1. The summed E-state index contributed by atoms with van der Waals surface area (Å²) in [7, 11) is 0. The summed E-state index contributed by atoms with van der Waals surface area (Å²) >= 11 is 3.65. The van der Waals surface area contributed by atoms with Gasteiger partial charge in [-0.2, -0.15) is 11.3 Å². The van der Waals surface area contributed by atoms with Crippen LogP contribution in [0, 0.1) is 0 Å². The molecule has 2 aromatic heterocycles. The molecule has 1 atom stereocenters. The van der Waals surface area contributed by atoms with Crippen LogP contribution in [0.2, 0.25) is 0 Å². The summed E-state index contributed by atoms with van der Waals surface area (Å²) in [5.74, 6) is 0. The van der Waals surface area contributed by atoms with Gasteiger partial charge in [-0.25, -0.2) is 0 Å². The van der Waals surface area contributed by atoms with Crippen molar-refractivity contribution in [1.82, 2.24) is 5.32 Å². The van der Waals surface area contributed by atoms with Gasteiger partial charge in [-0.15, -0.1) is 11.3 Å². The molecule has 0 aliphatic heterocycles. The highest BCUT2D eigenvalue weighted by Crippen LogP contribution is 2.33. The lowest BCUT2D eigenvalue weighted by Crippen LogP contribution is -2.20. The lowest BCUT2D eigenvalue weighted by atomic mass is 10.1. The van der Waals surface area contributed by atoms with E-state index in [0.717, 1.165) is 6.54 Å². The second kappa shape index (κ2) is 5.22. The largest absolute Gasteiger partial charge is 0.306 e. The number of hydrogen-bond acceptors (Lipinski definition) is 3. The first-order valence-electron chi connectivity index (χ1n) is 6.12. The Labute approximate surface area is 115 Å². The van der Waals surface area contributed by atoms with Gasteiger partial charge in [0.05, 0.1) is 6.04 Å². The van der Waals surface area contributed by atoms with Crippen molar-refractivity contribution in [2.75, 3.05) is 6.54 Å². The molecule has 0 fully saturated rings. The van der Waals surface area contributed by atoms with E-state index in [1.807, 2.05) is 11.3 Å². The van der Waals surface area contributed by atoms with E-state index in [2.05, 4.69) is 59.4 Å². The van der Waals surface area contributed by atoms with E-state index in [1.165, 1.54) is 20.5 Å². The van der Waals surface area contributed by atoms with Gasteiger partial charge in [-0.1, -0.05) is 25.1 Å². The summed E-state index contributed by atoms with van der Waals surface area (Å²) in [6.45, 7) is 3.14. The summed E-state index contributed by atoms with van der Waals surface area (Å²) < 4.78 is 1.37. The highest BCUT2D eigenvalue weighted by atomic mass is 32.1. The second-order valence-electron chi connectivity index (χ2n) is 4.23. The minimum atomic E-state index is 0.332. The molecule has 18 heavy (non-hydrogen) atoms. The zero-order chi connectivity index (χ0) is 12.4. The predicted molar refractivity (Wildman–Crippen MR) is 81.7 cm³/mol. The highest BCUT2D eigenvalue weighted by Gasteiger charge is 2.15. The minimum absolute atomic E-state index is 0.332. The summed E-state index contributed by atoms with van der Waals surface area (Å²) in [5, 5.41) is 9.30. The second-order valence-corrected chi connectivity index (χ2v) is 6.13. The maximum atomic E-state index is 3.58. The minimum Gasteiger partial charge on any atom is -0.306 e. The number of fused-ring (bicyclic) bond motifs is 1. The van der Waals surface area contributed by atoms with Gasteiger partial charge < -0.3 is 5.32 Å². The van der Waals surface area contributed by atoms with Crippen LogP contribution in [0.1, 0.15) is 23.4 Å². The van der Waals surface area contributed by atoms with Crippen LogP contribution in [0.15, 0.2) is 47.2 Å². The Morgan fingerprint density at radius 3 is 2.83 bits per heavy atom. The topological polar surface area (TPSA) is 12.0 Å². The van der Waals surface area contributed by atoms with E-state index in [0.29, 0.717) is 6.04 Å². The quantitative estimate of drug-likeness (QED) is 0.729. The third-order valence-corrected chi connectivity index (χ3v) is 4.90. The molecule has 2 heterocycles. The fraction of sp³-hybridized carbons (Fsp3) is 0.200. The maximum Gasteiger partial charge on any atom is 0.0679 e. The molecule has 1 aromatic carbocycles. The van der Waals surface area contributed by atoms with Gasteiger partial charge in [0.15, 0.2) is 0 Å². The highest BCUT2D eigenvalue weighted by molar-refractivity contribution is 7.19. The molecule has 3 heteroatoms. The SMILES string of the molecule is CCNC(c1ccsc1)c1cc2ccccc2s1. The lowest BCUT2D eigenvalue weighted by molar-refractivity contribution is 0.642. The summed E-state index contributed by atoms with van der Waals surface area (Å²) in [6, 6.07) is 13.4. The Hall–Kier alpha value is -1.16. The van der Waals surface area contributed by atoms with Gasteiger partial charge in [-0.05, 0) is 46.5 Å². The monoisotopic (exact) mass is 273 g/mol. The molecule has 0 aliphatic rings. The van der Waals surface area contributed by atoms with E-state index in [-0.39, 0.29) is 0 Å². The fourth-order valence-corrected chi connectivity index (χ4v) is 4.03. The van der Waals surface area contributed by atoms with E-state index in [9.17, 15) is 0 Å². The molecule has 0 saturated carbocycles. The van der Waals surface area contributed by atoms with Crippen LogP contribution >= 0.6 is 22.7 Å². The van der Waals surface area contributed by atoms with Crippen molar-refractivity contribution in [1.29, 1.82) is 0 Å². The Bertz CT molecular complexity index is 592. The van der Waals surface area contributed by atoms with Gasteiger partial charge in [-0.3, -0.25) is 0 Å². The van der Waals surface area contributed by atoms with Gasteiger partial charge in [0.1, 0.15) is 0 Å². The van der Waals surface area contributed by atoms with Gasteiger partial charge in [0.2, 0.25) is 0 Å². The normalized spacial score (nSPS) is 12.9. The third kappa shape index (κ3) is 2.21. The molecule has 0 saturated heterocycles. The van der Waals surface area contributed by atoms with Crippen LogP contribution in [0.5, 0.6) is 0 Å². The molecular weight excluding hydrogens is 258 g/mol. The number of nitrogens with one attached hydrogen (secondary N) is 1. The molecule has 1 N–H and O–H groups in total. The van der Waals surface area contributed by atoms with Crippen LogP contribution in [0.4, 0.5) is 0 Å². The number of thiophene rings is 2. The summed E-state index contributed by atoms with van der Waals surface area (Å²) in [5.41, 5.74) is 1.37. The van der Waals surface area contributed by atoms with Crippen LogP contribution in [-0.2, 0) is 0 Å². The average Bonchev–Trinajstić information content (AvgIpc) is 3.04. The molecule has 0 radical (unpaired) electrons. The first-order valence-corrected chi connectivity index (χ1v) is 7.88. The lowest BCUT2D eigenvalue weighted by Gasteiger charge is -2.14. The molecule has 0 aliphatic carbocycles. The smallest absolute Gasteiger partial charge is 0.0679 e. The molecule has 1 unspecified atom stereocenters. The Morgan fingerprint density at radius 1 is 1.22 bits per heavy atom. The zero-order valence-electron chi connectivity index (χ0n) is 10.2. The summed E-state index contributed by atoms with van der Waals surface area (Å²) in [6.07, 6.45) is 0. The molecule has 0 amide bonds. The fourth-order valence-electron chi connectivity index (χ4n) is 2.17. The first-order chi connectivity index (χ1) is 8.88. The molecule has 0 bridgehead atoms. The third-order valence-electron chi connectivity index (χ3n) is 3.01. The van der Waals surface area contributed by atoms with E-state index < -0.39 is 0 Å². The maximum absolute atomic E-state index is 3.58. The zero-order valence-corrected chi connectivity index (χ0v) is 11.9. The van der Waals surface area contributed by atoms with Crippen molar-refractivity contribution in [2.45, 2.75) is 13.0 Å². The average molecular weight is 273 g/mol. The van der Waals surface area contributed by atoms with E-state index in [1.54, 1.807) is 11.3 Å². The van der Waals surface area contributed by atoms with Crippen LogP contribution < -0.4 is 5.32 Å². The predicted octanol–water partition coefficient (Wildman–Crippen LogP) is 4.66. The number of benzene rings is 1. The standard InChI is InChI=1S/C15H15NS2/c1-2-16-15(12-7-8-17-10-12)14-9-11-5-3-4-6-13(11)18-14/h3-10,15-16H,2H2,1H3. The Morgan fingerprint density at radius 2 is 2.11 bits per heavy atom. The first kappa shape index (κ1) is 11.9. The molecule has 1 nitrogen and oxygen atoms in total. The molecular formula is C15H15NS2. The van der Waals surface area contributed by atoms with Gasteiger partial charge in [0, 0.05) is 9.58 Å². The molecule has 3 aromatic rings. The Balaban J connectivity index is 2.04. The van der Waals surface area contributed by atoms with Crippen molar-refractivity contribution >= 4 is 32.8 Å². The van der Waals surface area contributed by atoms with Crippen molar-refractivity contribution in [3.8, 4) is 0 Å². The van der Waals surface area contributed by atoms with Crippen LogP contribution in [0.25, 0.3) is 10.1 Å². The van der Waals surface area contributed by atoms with E-state index in [4.69, 9.17) is 0 Å². The molecule has 92 valence electrons. The molecule has 0 spiro atoms. The van der Waals surface area contributed by atoms with Crippen molar-refractivity contribution in [2.24, 2.45) is 0 Å².